The topological polar surface area (TPSA) is 84.8 Å². The molecule has 0 amide bonds. The summed E-state index contributed by atoms with van der Waals surface area (Å²) in [5, 5.41) is 3.83. The maximum atomic E-state index is 12.3. The van der Waals surface area contributed by atoms with Gasteiger partial charge in [-0.1, -0.05) is 48.0 Å². The van der Waals surface area contributed by atoms with Gasteiger partial charge in [-0.15, -0.1) is 0 Å². The van der Waals surface area contributed by atoms with Gasteiger partial charge < -0.3 is 4.74 Å². The van der Waals surface area contributed by atoms with Crippen LogP contribution in [0.4, 0.5) is 0 Å². The summed E-state index contributed by atoms with van der Waals surface area (Å²) in [7, 11) is -3.85. The average molecular weight is 374 g/mol. The van der Waals surface area contributed by atoms with Crippen molar-refractivity contribution in [2.45, 2.75) is 31.6 Å². The summed E-state index contributed by atoms with van der Waals surface area (Å²) in [4.78, 5) is 14.3. The number of hydrogen-bond donors (Lipinski definition) is 1. The second-order valence-corrected chi connectivity index (χ2v) is 7.33. The molecule has 0 unspecified atom stereocenters. The number of sulfonamides is 1. The molecule has 0 heterocycles. The Morgan fingerprint density at radius 3 is 2.35 bits per heavy atom. The number of hydrogen-bond acceptors (Lipinski definition) is 5. The van der Waals surface area contributed by atoms with Gasteiger partial charge >= 0.3 is 5.97 Å². The van der Waals surface area contributed by atoms with E-state index in [0.717, 1.165) is 11.1 Å². The van der Waals surface area contributed by atoms with E-state index in [9.17, 15) is 13.2 Å². The molecule has 0 radical (unpaired) electrons. The largest absolute Gasteiger partial charge is 0.461 e. The fourth-order valence-electron chi connectivity index (χ4n) is 2.21. The highest BCUT2D eigenvalue weighted by Crippen LogP contribution is 2.10. The van der Waals surface area contributed by atoms with E-state index in [1.807, 2.05) is 37.3 Å². The molecule has 0 aliphatic carbocycles. The number of aryl methyl sites for hydroxylation is 2. The highest BCUT2D eigenvalue weighted by atomic mass is 32.2. The molecule has 1 N–H and O–H groups in total. The number of esters is 1. The molecule has 7 heteroatoms. The summed E-state index contributed by atoms with van der Waals surface area (Å²) < 4.78 is 29.6. The van der Waals surface area contributed by atoms with Crippen LogP contribution in [0.15, 0.2) is 64.6 Å². The highest BCUT2D eigenvalue weighted by molar-refractivity contribution is 7.89. The fourth-order valence-corrected chi connectivity index (χ4v) is 3.04. The van der Waals surface area contributed by atoms with E-state index in [2.05, 4.69) is 9.93 Å². The van der Waals surface area contributed by atoms with E-state index in [4.69, 9.17) is 4.74 Å². The number of nitrogens with zero attached hydrogens (tertiary/aromatic N) is 1. The molecule has 2 rings (SSSR count). The minimum Gasteiger partial charge on any atom is -0.461 e. The first-order chi connectivity index (χ1) is 12.4. The first-order valence-corrected chi connectivity index (χ1v) is 9.77. The Balaban J connectivity index is 2.15. The van der Waals surface area contributed by atoms with Crippen molar-refractivity contribution in [3.8, 4) is 0 Å². The molecule has 0 aromatic heterocycles. The van der Waals surface area contributed by atoms with Crippen molar-refractivity contribution >= 4 is 21.7 Å². The zero-order valence-corrected chi connectivity index (χ0v) is 15.6. The zero-order valence-electron chi connectivity index (χ0n) is 14.8. The Bertz CT molecular complexity index is 860. The van der Waals surface area contributed by atoms with Crippen molar-refractivity contribution in [3.63, 3.8) is 0 Å². The third kappa shape index (κ3) is 5.70. The van der Waals surface area contributed by atoms with Crippen LogP contribution in [0.2, 0.25) is 0 Å². The first-order valence-electron chi connectivity index (χ1n) is 8.28. The van der Waals surface area contributed by atoms with Crippen LogP contribution >= 0.6 is 0 Å². The summed E-state index contributed by atoms with van der Waals surface area (Å²) in [6.45, 7) is 3.74. The summed E-state index contributed by atoms with van der Waals surface area (Å²) in [5.74, 6) is -0.630. The molecule has 0 atom stereocenters. The van der Waals surface area contributed by atoms with Crippen LogP contribution in [0.5, 0.6) is 0 Å². The smallest absolute Gasteiger partial charge is 0.354 e. The Kier molecular flexibility index (Phi) is 6.91. The van der Waals surface area contributed by atoms with E-state index < -0.39 is 16.0 Å². The van der Waals surface area contributed by atoms with Crippen LogP contribution in [0.1, 0.15) is 24.5 Å². The quantitative estimate of drug-likeness (QED) is 0.437. The molecule has 0 aliphatic heterocycles. The number of rotatable bonds is 8. The highest BCUT2D eigenvalue weighted by Gasteiger charge is 2.17. The lowest BCUT2D eigenvalue weighted by atomic mass is 10.1. The predicted octanol–water partition coefficient (Wildman–Crippen LogP) is 2.83. The maximum Gasteiger partial charge on any atom is 0.354 e. The van der Waals surface area contributed by atoms with E-state index >= 15 is 0 Å². The molecular weight excluding hydrogens is 352 g/mol. The molecule has 26 heavy (non-hydrogen) atoms. The molecule has 0 spiro atoms. The number of hydrazone groups is 1. The zero-order chi connectivity index (χ0) is 19.0. The van der Waals surface area contributed by atoms with Gasteiger partial charge in [-0.3, -0.25) is 0 Å². The van der Waals surface area contributed by atoms with Crippen molar-refractivity contribution in [3.05, 3.63) is 65.7 Å². The Morgan fingerprint density at radius 2 is 1.73 bits per heavy atom. The average Bonchev–Trinajstić information content (AvgIpc) is 2.63. The van der Waals surface area contributed by atoms with Crippen LogP contribution in [-0.4, -0.2) is 26.7 Å². The van der Waals surface area contributed by atoms with E-state index in [1.54, 1.807) is 19.1 Å². The third-order valence-electron chi connectivity index (χ3n) is 3.64. The lowest BCUT2D eigenvalue weighted by molar-refractivity contribution is -0.135. The molecule has 0 fully saturated rings. The van der Waals surface area contributed by atoms with Gasteiger partial charge in [0.25, 0.3) is 10.0 Å². The summed E-state index contributed by atoms with van der Waals surface area (Å²) in [6.07, 6.45) is 0.810. The van der Waals surface area contributed by atoms with Gasteiger partial charge in [0.2, 0.25) is 0 Å². The van der Waals surface area contributed by atoms with Gasteiger partial charge in [0.05, 0.1) is 11.5 Å². The standard InChI is InChI=1S/C19H22N2O4S/c1-3-25-19(22)18(14-11-16-7-5-4-6-8-16)20-21-26(23,24)17-12-9-15(2)10-13-17/h4-10,12-13,21H,3,11,14H2,1-2H3/b20-18-. The predicted molar refractivity (Wildman–Crippen MR) is 100 cm³/mol. The molecule has 2 aromatic rings. The fraction of sp³-hybridized carbons (Fsp3) is 0.263. The number of ether oxygens (including phenoxy) is 1. The van der Waals surface area contributed by atoms with Gasteiger partial charge in [-0.25, -0.2) is 4.79 Å². The second-order valence-electron chi connectivity index (χ2n) is 5.67. The van der Waals surface area contributed by atoms with Gasteiger partial charge in [-0.05, 0) is 38.0 Å². The van der Waals surface area contributed by atoms with Gasteiger partial charge in [-0.2, -0.15) is 18.4 Å². The summed E-state index contributed by atoms with van der Waals surface area (Å²) >= 11 is 0. The molecule has 0 aliphatic rings. The van der Waals surface area contributed by atoms with Crippen LogP contribution in [-0.2, 0) is 26.0 Å². The van der Waals surface area contributed by atoms with Crippen molar-refractivity contribution in [1.82, 2.24) is 4.83 Å². The van der Waals surface area contributed by atoms with Crippen molar-refractivity contribution in [2.24, 2.45) is 5.10 Å². The van der Waals surface area contributed by atoms with E-state index in [-0.39, 0.29) is 23.6 Å². The number of benzene rings is 2. The minimum atomic E-state index is -3.85. The minimum absolute atomic E-state index is 0.0337. The first kappa shape index (κ1) is 19.7. The number of carbonyl (C=O) groups excluding carboxylic acids is 1. The van der Waals surface area contributed by atoms with E-state index in [0.29, 0.717) is 6.42 Å². The van der Waals surface area contributed by atoms with Gasteiger partial charge in [0.15, 0.2) is 0 Å². The van der Waals surface area contributed by atoms with Gasteiger partial charge in [0.1, 0.15) is 5.71 Å². The van der Waals surface area contributed by atoms with Crippen molar-refractivity contribution in [1.29, 1.82) is 0 Å². The Hall–Kier alpha value is -2.67. The monoisotopic (exact) mass is 374 g/mol. The SMILES string of the molecule is CCOC(=O)/C(CCc1ccccc1)=N\NS(=O)(=O)c1ccc(C)cc1. The van der Waals surface area contributed by atoms with Crippen molar-refractivity contribution < 1.29 is 17.9 Å². The molecule has 0 saturated heterocycles. The van der Waals surface area contributed by atoms with Crippen LogP contribution < -0.4 is 4.83 Å². The van der Waals surface area contributed by atoms with Crippen LogP contribution in [0.25, 0.3) is 0 Å². The normalized spacial score (nSPS) is 11.8. The molecular formula is C19H22N2O4S. The summed E-state index contributed by atoms with van der Waals surface area (Å²) in [6, 6.07) is 15.9. The second kappa shape index (κ2) is 9.15. The third-order valence-corrected chi connectivity index (χ3v) is 4.86. The van der Waals surface area contributed by atoms with Crippen LogP contribution in [0, 0.1) is 6.92 Å². The molecule has 0 bridgehead atoms. The van der Waals surface area contributed by atoms with Crippen molar-refractivity contribution in [2.75, 3.05) is 6.61 Å². The maximum absolute atomic E-state index is 12.3. The molecule has 2 aromatic carbocycles. The Morgan fingerprint density at radius 1 is 1.08 bits per heavy atom. The van der Waals surface area contributed by atoms with Crippen LogP contribution in [0.3, 0.4) is 0 Å². The molecule has 0 saturated carbocycles. The van der Waals surface area contributed by atoms with Gasteiger partial charge in [0, 0.05) is 6.42 Å². The number of nitrogens with one attached hydrogen (secondary N) is 1. The summed E-state index contributed by atoms with van der Waals surface area (Å²) in [5.41, 5.74) is 2.00. The lowest BCUT2D eigenvalue weighted by Gasteiger charge is -2.08. The molecule has 138 valence electrons. The number of carbonyl (C=O) groups is 1. The Labute approximate surface area is 153 Å². The van der Waals surface area contributed by atoms with E-state index in [1.165, 1.54) is 12.1 Å². The molecule has 6 nitrogen and oxygen atoms in total. The lowest BCUT2D eigenvalue weighted by Crippen LogP contribution is -2.25.